The van der Waals surface area contributed by atoms with E-state index in [2.05, 4.69) is 31.2 Å². The zero-order chi connectivity index (χ0) is 15.2. The van der Waals surface area contributed by atoms with E-state index in [1.807, 2.05) is 31.2 Å². The first-order chi connectivity index (χ1) is 10.1. The van der Waals surface area contributed by atoms with Gasteiger partial charge in [-0.25, -0.2) is 0 Å². The minimum atomic E-state index is -0.155. The van der Waals surface area contributed by atoms with Gasteiger partial charge in [0.05, 0.1) is 13.2 Å². The van der Waals surface area contributed by atoms with Crippen molar-refractivity contribution < 1.29 is 9.47 Å². The third-order valence-electron chi connectivity index (χ3n) is 3.66. The Morgan fingerprint density at radius 1 is 0.952 bits per heavy atom. The summed E-state index contributed by atoms with van der Waals surface area (Å²) in [5, 5.41) is 0. The summed E-state index contributed by atoms with van der Waals surface area (Å²) < 4.78 is 11.0. The van der Waals surface area contributed by atoms with Crippen LogP contribution in [0.3, 0.4) is 0 Å². The van der Waals surface area contributed by atoms with Crippen LogP contribution in [-0.2, 0) is 6.42 Å². The Bertz CT molecular complexity index is 548. The summed E-state index contributed by atoms with van der Waals surface area (Å²) in [4.78, 5) is 0. The van der Waals surface area contributed by atoms with Gasteiger partial charge in [0.15, 0.2) is 0 Å². The second-order valence-electron chi connectivity index (χ2n) is 5.12. The highest BCUT2D eigenvalue weighted by Gasteiger charge is 2.16. The van der Waals surface area contributed by atoms with Gasteiger partial charge >= 0.3 is 0 Å². The molecular formula is C18H23NO2. The number of hydrogen-bond donors (Lipinski definition) is 1. The first-order valence-electron chi connectivity index (χ1n) is 7.29. The number of ether oxygens (including phenoxy) is 2. The van der Waals surface area contributed by atoms with E-state index >= 15 is 0 Å². The molecule has 2 atom stereocenters. The third kappa shape index (κ3) is 3.99. The number of methoxy groups -OCH3 is 1. The lowest BCUT2D eigenvalue weighted by Crippen LogP contribution is -2.28. The van der Waals surface area contributed by atoms with Gasteiger partial charge in [0.2, 0.25) is 0 Å². The molecule has 21 heavy (non-hydrogen) atoms. The zero-order valence-electron chi connectivity index (χ0n) is 12.9. The molecule has 0 saturated heterocycles. The number of rotatable bonds is 6. The average molecular weight is 285 g/mol. The third-order valence-corrected chi connectivity index (χ3v) is 3.66. The van der Waals surface area contributed by atoms with Crippen LogP contribution in [0.1, 0.15) is 31.0 Å². The van der Waals surface area contributed by atoms with Gasteiger partial charge in [-0.1, -0.05) is 31.2 Å². The van der Waals surface area contributed by atoms with E-state index in [-0.39, 0.29) is 12.1 Å². The van der Waals surface area contributed by atoms with Crippen molar-refractivity contribution in [2.75, 3.05) is 7.11 Å². The molecule has 2 unspecified atom stereocenters. The molecule has 3 nitrogen and oxygen atoms in total. The molecule has 2 N–H and O–H groups in total. The molecule has 2 aromatic carbocycles. The molecule has 0 aliphatic rings. The van der Waals surface area contributed by atoms with Crippen LogP contribution in [-0.4, -0.2) is 13.2 Å². The van der Waals surface area contributed by atoms with Crippen LogP contribution >= 0.6 is 0 Å². The van der Waals surface area contributed by atoms with Crippen molar-refractivity contribution in [1.29, 1.82) is 0 Å². The van der Waals surface area contributed by atoms with Crippen LogP contribution in [0.5, 0.6) is 11.5 Å². The molecule has 112 valence electrons. The molecule has 0 aliphatic carbocycles. The molecule has 0 bridgehead atoms. The number of aryl methyl sites for hydroxylation is 1. The minimum Gasteiger partial charge on any atom is -0.497 e. The Morgan fingerprint density at radius 2 is 1.52 bits per heavy atom. The summed E-state index contributed by atoms with van der Waals surface area (Å²) in [6.45, 7) is 4.13. The Hall–Kier alpha value is -2.00. The lowest BCUT2D eigenvalue weighted by molar-refractivity contribution is 0.190. The van der Waals surface area contributed by atoms with Crippen molar-refractivity contribution in [1.82, 2.24) is 0 Å². The molecule has 2 aromatic rings. The van der Waals surface area contributed by atoms with E-state index in [0.717, 1.165) is 23.5 Å². The normalized spacial score (nSPS) is 13.5. The lowest BCUT2D eigenvalue weighted by atomic mass is 10.0. The fourth-order valence-electron chi connectivity index (χ4n) is 2.19. The van der Waals surface area contributed by atoms with Crippen molar-refractivity contribution in [3.05, 3.63) is 59.7 Å². The quantitative estimate of drug-likeness (QED) is 0.879. The van der Waals surface area contributed by atoms with E-state index in [0.29, 0.717) is 0 Å². The molecule has 0 spiro atoms. The van der Waals surface area contributed by atoms with Gasteiger partial charge in [0, 0.05) is 0 Å². The highest BCUT2D eigenvalue weighted by atomic mass is 16.5. The monoisotopic (exact) mass is 285 g/mol. The van der Waals surface area contributed by atoms with Gasteiger partial charge in [-0.2, -0.15) is 0 Å². The highest BCUT2D eigenvalue weighted by Crippen LogP contribution is 2.22. The molecular weight excluding hydrogens is 262 g/mol. The van der Waals surface area contributed by atoms with E-state index in [1.165, 1.54) is 5.56 Å². The minimum absolute atomic E-state index is 0.106. The van der Waals surface area contributed by atoms with Crippen LogP contribution < -0.4 is 15.2 Å². The predicted molar refractivity (Wildman–Crippen MR) is 85.8 cm³/mol. The summed E-state index contributed by atoms with van der Waals surface area (Å²) in [5.41, 5.74) is 8.69. The maximum Gasteiger partial charge on any atom is 0.120 e. The fourth-order valence-corrected chi connectivity index (χ4v) is 2.19. The first-order valence-corrected chi connectivity index (χ1v) is 7.29. The van der Waals surface area contributed by atoms with Crippen LogP contribution in [0.25, 0.3) is 0 Å². The van der Waals surface area contributed by atoms with Crippen molar-refractivity contribution in [2.45, 2.75) is 32.4 Å². The first kappa shape index (κ1) is 15.4. The highest BCUT2D eigenvalue weighted by molar-refractivity contribution is 5.32. The standard InChI is InChI=1S/C18H23NO2/c1-4-14-5-7-15(8-6-14)18(19)13(2)21-17-11-9-16(20-3)10-12-17/h5-13,18H,4,19H2,1-3H3. The predicted octanol–water partition coefficient (Wildman–Crippen LogP) is 3.72. The van der Waals surface area contributed by atoms with Gasteiger partial charge in [0.1, 0.15) is 17.6 Å². The van der Waals surface area contributed by atoms with E-state index in [4.69, 9.17) is 15.2 Å². The Labute approximate surface area is 126 Å². The topological polar surface area (TPSA) is 44.5 Å². The van der Waals surface area contributed by atoms with Crippen molar-refractivity contribution in [2.24, 2.45) is 5.73 Å². The number of benzene rings is 2. The zero-order valence-corrected chi connectivity index (χ0v) is 12.9. The van der Waals surface area contributed by atoms with Crippen molar-refractivity contribution >= 4 is 0 Å². The molecule has 0 fully saturated rings. The second-order valence-corrected chi connectivity index (χ2v) is 5.12. The molecule has 0 aliphatic heterocycles. The molecule has 0 aromatic heterocycles. The molecule has 0 saturated carbocycles. The summed E-state index contributed by atoms with van der Waals surface area (Å²) >= 11 is 0. The Balaban J connectivity index is 2.01. The maximum atomic E-state index is 6.28. The largest absolute Gasteiger partial charge is 0.497 e. The SMILES string of the molecule is CCc1ccc(C(N)C(C)Oc2ccc(OC)cc2)cc1. The van der Waals surface area contributed by atoms with Crippen LogP contribution in [0.4, 0.5) is 0 Å². The summed E-state index contributed by atoms with van der Waals surface area (Å²) in [6.07, 6.45) is 0.929. The molecule has 0 heterocycles. The van der Waals surface area contributed by atoms with Crippen LogP contribution in [0.2, 0.25) is 0 Å². The van der Waals surface area contributed by atoms with E-state index in [1.54, 1.807) is 7.11 Å². The Kier molecular flexibility index (Phi) is 5.23. The maximum absolute atomic E-state index is 6.28. The summed E-state index contributed by atoms with van der Waals surface area (Å²) in [6, 6.07) is 15.8. The molecule has 2 rings (SSSR count). The summed E-state index contributed by atoms with van der Waals surface area (Å²) in [7, 11) is 1.65. The van der Waals surface area contributed by atoms with Crippen molar-refractivity contribution in [3.8, 4) is 11.5 Å². The molecule has 3 heteroatoms. The number of hydrogen-bond acceptors (Lipinski definition) is 3. The smallest absolute Gasteiger partial charge is 0.120 e. The van der Waals surface area contributed by atoms with Crippen LogP contribution in [0.15, 0.2) is 48.5 Å². The van der Waals surface area contributed by atoms with Gasteiger partial charge in [-0.3, -0.25) is 0 Å². The van der Waals surface area contributed by atoms with Gasteiger partial charge in [-0.15, -0.1) is 0 Å². The van der Waals surface area contributed by atoms with Gasteiger partial charge in [0.25, 0.3) is 0 Å². The second kappa shape index (κ2) is 7.14. The van der Waals surface area contributed by atoms with Gasteiger partial charge in [-0.05, 0) is 48.7 Å². The fraction of sp³-hybridized carbons (Fsp3) is 0.333. The van der Waals surface area contributed by atoms with Crippen molar-refractivity contribution in [3.63, 3.8) is 0 Å². The van der Waals surface area contributed by atoms with Crippen LogP contribution in [0, 0.1) is 0 Å². The van der Waals surface area contributed by atoms with Gasteiger partial charge < -0.3 is 15.2 Å². The summed E-state index contributed by atoms with van der Waals surface area (Å²) in [5.74, 6) is 1.61. The molecule has 0 amide bonds. The molecule has 0 radical (unpaired) electrons. The Morgan fingerprint density at radius 3 is 2.05 bits per heavy atom. The lowest BCUT2D eigenvalue weighted by Gasteiger charge is -2.22. The average Bonchev–Trinajstić information content (AvgIpc) is 2.55. The van der Waals surface area contributed by atoms with E-state index in [9.17, 15) is 0 Å². The number of nitrogens with two attached hydrogens (primary N) is 1. The van der Waals surface area contributed by atoms with E-state index < -0.39 is 0 Å².